The van der Waals surface area contributed by atoms with E-state index in [4.69, 9.17) is 11.6 Å². The predicted molar refractivity (Wildman–Crippen MR) is 86.9 cm³/mol. The van der Waals surface area contributed by atoms with E-state index < -0.39 is 11.5 Å². The Balaban J connectivity index is 2.40. The Morgan fingerprint density at radius 2 is 2.10 bits per heavy atom. The number of hydrogen-bond acceptors (Lipinski definition) is 2. The number of hydrogen-bond donors (Lipinski definition) is 2. The maximum Gasteiger partial charge on any atom is 0.329 e. The Morgan fingerprint density at radius 3 is 2.67 bits per heavy atom. The van der Waals surface area contributed by atoms with Crippen LogP contribution in [-0.4, -0.2) is 16.6 Å². The van der Waals surface area contributed by atoms with Crippen LogP contribution in [-0.2, 0) is 4.79 Å². The van der Waals surface area contributed by atoms with Crippen molar-refractivity contribution in [1.29, 1.82) is 0 Å². The molecule has 1 aliphatic rings. The van der Waals surface area contributed by atoms with Crippen molar-refractivity contribution < 1.29 is 9.90 Å². The zero-order chi connectivity index (χ0) is 15.7. The summed E-state index contributed by atoms with van der Waals surface area (Å²) in [7, 11) is 0. The molecule has 2 atom stereocenters. The van der Waals surface area contributed by atoms with E-state index in [1.54, 1.807) is 12.1 Å². The molecule has 1 fully saturated rings. The van der Waals surface area contributed by atoms with Gasteiger partial charge in [-0.05, 0) is 42.4 Å². The van der Waals surface area contributed by atoms with Gasteiger partial charge in [0.2, 0.25) is 0 Å². The van der Waals surface area contributed by atoms with Crippen LogP contribution in [0.1, 0.15) is 46.5 Å². The van der Waals surface area contributed by atoms with E-state index in [1.807, 2.05) is 12.1 Å². The summed E-state index contributed by atoms with van der Waals surface area (Å²) >= 11 is 6.03. The van der Waals surface area contributed by atoms with Crippen LogP contribution in [0.15, 0.2) is 24.3 Å². The van der Waals surface area contributed by atoms with Gasteiger partial charge in [0.1, 0.15) is 5.54 Å². The molecule has 1 aromatic carbocycles. The molecule has 4 heteroatoms. The van der Waals surface area contributed by atoms with E-state index in [0.717, 1.165) is 24.9 Å². The average Bonchev–Trinajstić information content (AvgIpc) is 2.37. The minimum atomic E-state index is -0.915. The first-order chi connectivity index (χ1) is 9.75. The third-order valence-electron chi connectivity index (χ3n) is 4.53. The molecule has 0 heterocycles. The third-order valence-corrected chi connectivity index (χ3v) is 4.76. The summed E-state index contributed by atoms with van der Waals surface area (Å²) in [4.78, 5) is 12.1. The minimum Gasteiger partial charge on any atom is -0.479 e. The van der Waals surface area contributed by atoms with Gasteiger partial charge in [0.25, 0.3) is 0 Å². The standard InChI is InChI=1S/C17H24ClNO2/c1-16(2,3)14-9-4-5-10-17(14,15(20)21)19-13-8-6-7-12(18)11-13/h6-8,11,14,19H,4-5,9-10H2,1-3H3,(H,20,21). The monoisotopic (exact) mass is 309 g/mol. The van der Waals surface area contributed by atoms with Gasteiger partial charge in [0, 0.05) is 10.7 Å². The van der Waals surface area contributed by atoms with Crippen LogP contribution in [0, 0.1) is 11.3 Å². The van der Waals surface area contributed by atoms with Crippen molar-refractivity contribution in [2.24, 2.45) is 11.3 Å². The van der Waals surface area contributed by atoms with Crippen molar-refractivity contribution in [3.05, 3.63) is 29.3 Å². The zero-order valence-corrected chi connectivity index (χ0v) is 13.7. The van der Waals surface area contributed by atoms with Crippen molar-refractivity contribution in [3.63, 3.8) is 0 Å². The highest BCUT2D eigenvalue weighted by Crippen LogP contribution is 2.46. The average molecular weight is 310 g/mol. The maximum absolute atomic E-state index is 12.1. The first-order valence-corrected chi connectivity index (χ1v) is 7.91. The molecule has 0 radical (unpaired) electrons. The highest BCUT2D eigenvalue weighted by molar-refractivity contribution is 6.30. The van der Waals surface area contributed by atoms with Gasteiger partial charge < -0.3 is 10.4 Å². The largest absolute Gasteiger partial charge is 0.479 e. The SMILES string of the molecule is CC(C)(C)C1CCCCC1(Nc1cccc(Cl)c1)C(=O)O. The van der Waals surface area contributed by atoms with Crippen LogP contribution in [0.2, 0.25) is 5.02 Å². The lowest BCUT2D eigenvalue weighted by molar-refractivity contribution is -0.148. The number of benzene rings is 1. The molecule has 1 saturated carbocycles. The molecule has 0 amide bonds. The van der Waals surface area contributed by atoms with E-state index in [-0.39, 0.29) is 11.3 Å². The van der Waals surface area contributed by atoms with Gasteiger partial charge in [-0.1, -0.05) is 51.3 Å². The van der Waals surface area contributed by atoms with Gasteiger partial charge in [-0.15, -0.1) is 0 Å². The summed E-state index contributed by atoms with van der Waals surface area (Å²) in [5.41, 5.74) is -0.202. The Kier molecular flexibility index (Phi) is 4.52. The first-order valence-electron chi connectivity index (χ1n) is 7.53. The highest BCUT2D eigenvalue weighted by Gasteiger charge is 2.51. The van der Waals surface area contributed by atoms with E-state index in [1.165, 1.54) is 0 Å². The molecule has 2 rings (SSSR count). The predicted octanol–water partition coefficient (Wildman–Crippen LogP) is 4.81. The number of halogens is 1. The van der Waals surface area contributed by atoms with Crippen LogP contribution in [0.5, 0.6) is 0 Å². The normalized spacial score (nSPS) is 26.4. The summed E-state index contributed by atoms with van der Waals surface area (Å²) < 4.78 is 0. The lowest BCUT2D eigenvalue weighted by Gasteiger charge is -2.48. The third kappa shape index (κ3) is 3.34. The summed E-state index contributed by atoms with van der Waals surface area (Å²) in [5.74, 6) is -0.683. The maximum atomic E-state index is 12.1. The number of carboxylic acid groups (broad SMARTS) is 1. The molecule has 2 unspecified atom stereocenters. The molecule has 0 spiro atoms. The van der Waals surface area contributed by atoms with Crippen LogP contribution < -0.4 is 5.32 Å². The quantitative estimate of drug-likeness (QED) is 0.842. The fourth-order valence-corrected chi connectivity index (χ4v) is 3.82. The lowest BCUT2D eigenvalue weighted by Crippen LogP contribution is -2.58. The van der Waals surface area contributed by atoms with E-state index in [9.17, 15) is 9.90 Å². The molecule has 0 saturated heterocycles. The van der Waals surface area contributed by atoms with Gasteiger partial charge in [0.15, 0.2) is 0 Å². The minimum absolute atomic E-state index is 0.0651. The van der Waals surface area contributed by atoms with Crippen LogP contribution >= 0.6 is 11.6 Å². The van der Waals surface area contributed by atoms with Gasteiger partial charge in [-0.2, -0.15) is 0 Å². The van der Waals surface area contributed by atoms with Crippen molar-refractivity contribution in [3.8, 4) is 0 Å². The van der Waals surface area contributed by atoms with Crippen LogP contribution in [0.3, 0.4) is 0 Å². The van der Waals surface area contributed by atoms with Crippen molar-refractivity contribution in [1.82, 2.24) is 0 Å². The Bertz CT molecular complexity index is 524. The lowest BCUT2D eigenvalue weighted by atomic mass is 9.62. The van der Waals surface area contributed by atoms with Crippen molar-refractivity contribution in [2.45, 2.75) is 52.0 Å². The molecular formula is C17H24ClNO2. The van der Waals surface area contributed by atoms with Crippen molar-refractivity contribution in [2.75, 3.05) is 5.32 Å². The number of anilines is 1. The summed E-state index contributed by atoms with van der Waals surface area (Å²) in [5, 5.41) is 13.9. The van der Waals surface area contributed by atoms with E-state index >= 15 is 0 Å². The second-order valence-electron chi connectivity index (χ2n) is 7.08. The fraction of sp³-hybridized carbons (Fsp3) is 0.588. The number of carboxylic acids is 1. The Hall–Kier alpha value is -1.22. The summed E-state index contributed by atoms with van der Waals surface area (Å²) in [6, 6.07) is 7.31. The topological polar surface area (TPSA) is 49.3 Å². The molecule has 2 N–H and O–H groups in total. The Morgan fingerprint density at radius 1 is 1.38 bits per heavy atom. The smallest absolute Gasteiger partial charge is 0.329 e. The van der Waals surface area contributed by atoms with Gasteiger partial charge >= 0.3 is 5.97 Å². The summed E-state index contributed by atoms with van der Waals surface area (Å²) in [6.07, 6.45) is 3.61. The van der Waals surface area contributed by atoms with E-state index in [0.29, 0.717) is 11.4 Å². The first kappa shape index (κ1) is 16.2. The second-order valence-corrected chi connectivity index (χ2v) is 7.51. The number of carbonyl (C=O) groups is 1. The Labute approximate surface area is 131 Å². The molecule has 3 nitrogen and oxygen atoms in total. The van der Waals surface area contributed by atoms with Crippen molar-refractivity contribution >= 4 is 23.3 Å². The molecule has 0 aliphatic heterocycles. The molecule has 1 aromatic rings. The molecular weight excluding hydrogens is 286 g/mol. The molecule has 0 aromatic heterocycles. The molecule has 116 valence electrons. The molecule has 0 bridgehead atoms. The van der Waals surface area contributed by atoms with Gasteiger partial charge in [-0.25, -0.2) is 4.79 Å². The molecule has 21 heavy (non-hydrogen) atoms. The number of aliphatic carboxylic acids is 1. The fourth-order valence-electron chi connectivity index (χ4n) is 3.63. The van der Waals surface area contributed by atoms with Crippen LogP contribution in [0.25, 0.3) is 0 Å². The number of rotatable bonds is 3. The summed E-state index contributed by atoms with van der Waals surface area (Å²) in [6.45, 7) is 6.38. The zero-order valence-electron chi connectivity index (χ0n) is 12.9. The van der Waals surface area contributed by atoms with Gasteiger partial charge in [0.05, 0.1) is 0 Å². The van der Waals surface area contributed by atoms with E-state index in [2.05, 4.69) is 26.1 Å². The molecule has 1 aliphatic carbocycles. The highest BCUT2D eigenvalue weighted by atomic mass is 35.5. The van der Waals surface area contributed by atoms with Gasteiger partial charge in [-0.3, -0.25) is 0 Å². The second kappa shape index (κ2) is 5.88. The number of nitrogens with one attached hydrogen (secondary N) is 1. The van der Waals surface area contributed by atoms with Crippen LogP contribution in [0.4, 0.5) is 5.69 Å².